The molecule has 54 valence electrons. The second kappa shape index (κ2) is 9.02. The maximum Gasteiger partial charge on any atom is 1.00 e. The number of carboxylic acid groups (broad SMARTS) is 2. The molecule has 11 heavy (non-hydrogen) atoms. The summed E-state index contributed by atoms with van der Waals surface area (Å²) >= 11 is 0. The largest absolute Gasteiger partial charge is 1.00 e. The Morgan fingerprint density at radius 1 is 1.36 bits per heavy atom. The van der Waals surface area contributed by atoms with Crippen LogP contribution in [0.15, 0.2) is 24.4 Å². The van der Waals surface area contributed by atoms with Crippen LogP contribution >= 0.6 is 0 Å². The van der Waals surface area contributed by atoms with Gasteiger partial charge in [0.05, 0.1) is 0 Å². The van der Waals surface area contributed by atoms with Crippen molar-refractivity contribution in [2.24, 2.45) is 0 Å². The van der Waals surface area contributed by atoms with Crippen LogP contribution in [0.4, 0.5) is 4.79 Å². The molecule has 0 unspecified atom stereocenters. The van der Waals surface area contributed by atoms with Crippen LogP contribution in [-0.4, -0.2) is 21.4 Å². The molecule has 0 saturated heterocycles. The van der Waals surface area contributed by atoms with E-state index in [4.69, 9.17) is 15.0 Å². The minimum Gasteiger partial charge on any atom is -0.450 e. The van der Waals surface area contributed by atoms with E-state index >= 15 is 0 Å². The third-order valence-corrected chi connectivity index (χ3v) is 0.517. The van der Waals surface area contributed by atoms with Crippen LogP contribution in [0.2, 0.25) is 0 Å². The molecule has 1 rings (SSSR count). The van der Waals surface area contributed by atoms with E-state index in [-0.39, 0.29) is 18.9 Å². The summed E-state index contributed by atoms with van der Waals surface area (Å²) in [7, 11) is 0. The number of carbonyl (C=O) groups is 1. The Morgan fingerprint density at radius 2 is 1.91 bits per heavy atom. The second-order valence-electron chi connectivity index (χ2n) is 1.24. The predicted molar refractivity (Wildman–Crippen MR) is 33.7 cm³/mol. The van der Waals surface area contributed by atoms with Crippen molar-refractivity contribution < 1.29 is 33.9 Å². The van der Waals surface area contributed by atoms with Crippen LogP contribution in [0.3, 0.4) is 0 Å². The van der Waals surface area contributed by atoms with E-state index in [1.54, 1.807) is 12.3 Å². The van der Waals surface area contributed by atoms with Gasteiger partial charge in [0.2, 0.25) is 0 Å². The van der Waals surface area contributed by atoms with Crippen LogP contribution in [0.5, 0.6) is 0 Å². The van der Waals surface area contributed by atoms with Crippen LogP contribution < -0.4 is 18.9 Å². The maximum atomic E-state index is 8.56. The third kappa shape index (κ3) is 17.6. The predicted octanol–water partition coefficient (Wildman–Crippen LogP) is -1.89. The number of aromatic nitrogens is 1. The molecule has 0 aliphatic heterocycles. The fraction of sp³-hybridized carbons (Fsp3) is 0. The summed E-state index contributed by atoms with van der Waals surface area (Å²) in [4.78, 5) is 12.2. The van der Waals surface area contributed by atoms with E-state index in [9.17, 15) is 0 Å². The van der Waals surface area contributed by atoms with E-state index in [1.165, 1.54) is 0 Å². The van der Waals surface area contributed by atoms with Crippen molar-refractivity contribution in [2.45, 2.75) is 0 Å². The molecule has 1 aromatic heterocycles. The first-order valence-electron chi connectivity index (χ1n) is 2.42. The van der Waals surface area contributed by atoms with E-state index < -0.39 is 6.16 Å². The molecule has 0 aliphatic carbocycles. The fourth-order valence-corrected chi connectivity index (χ4v) is 0.277. The van der Waals surface area contributed by atoms with Crippen molar-refractivity contribution in [1.82, 2.24) is 4.98 Å². The van der Waals surface area contributed by atoms with E-state index in [2.05, 4.69) is 11.2 Å². The van der Waals surface area contributed by atoms with E-state index in [1.807, 2.05) is 12.1 Å². The van der Waals surface area contributed by atoms with Crippen molar-refractivity contribution in [3.05, 3.63) is 30.6 Å². The first-order chi connectivity index (χ1) is 4.73. The summed E-state index contributed by atoms with van der Waals surface area (Å²) in [6, 6.07) is 5.50. The van der Waals surface area contributed by atoms with Crippen LogP contribution in [0.1, 0.15) is 0 Å². The Balaban J connectivity index is 0. The van der Waals surface area contributed by atoms with Crippen molar-refractivity contribution >= 4 is 6.16 Å². The molecule has 0 fully saturated rings. The first kappa shape index (κ1) is 12.7. The molecule has 0 radical (unpaired) electrons. The quantitative estimate of drug-likeness (QED) is 0.332. The Kier molecular flexibility index (Phi) is 10.4. The summed E-state index contributed by atoms with van der Waals surface area (Å²) < 4.78 is 0. The van der Waals surface area contributed by atoms with Crippen LogP contribution in [0.25, 0.3) is 0 Å². The van der Waals surface area contributed by atoms with Crippen molar-refractivity contribution in [2.75, 3.05) is 0 Å². The van der Waals surface area contributed by atoms with Gasteiger partial charge in [-0.15, -0.1) is 0 Å². The first-order valence-corrected chi connectivity index (χ1v) is 2.42. The minimum atomic E-state index is -1.83. The molecule has 5 heteroatoms. The zero-order valence-corrected chi connectivity index (χ0v) is 6.06. The SMILES string of the molecule is O=C(O)O.[Li+].[c-]1ccccn1. The Hall–Kier alpha value is -0.983. The van der Waals surface area contributed by atoms with Gasteiger partial charge in [-0.25, -0.2) is 4.79 Å². The molecule has 0 spiro atoms. The van der Waals surface area contributed by atoms with Gasteiger partial charge in [-0.05, 0) is 0 Å². The average molecular weight is 147 g/mol. The van der Waals surface area contributed by atoms with Crippen LogP contribution in [0, 0.1) is 6.20 Å². The Morgan fingerprint density at radius 3 is 2.00 bits per heavy atom. The standard InChI is InChI=1S/C5H4N.CH2O3.Li/c1-2-4-6-5-3-1;2-1(3)4;/h1-4H;(H2,2,3,4);/q-1;;+1. The molecule has 0 amide bonds. The molecule has 1 heterocycles. The average Bonchev–Trinajstić information content (AvgIpc) is 1.90. The molecule has 0 aliphatic rings. The van der Waals surface area contributed by atoms with Gasteiger partial charge < -0.3 is 15.2 Å². The number of rotatable bonds is 0. The minimum absolute atomic E-state index is 0. The van der Waals surface area contributed by atoms with Gasteiger partial charge in [-0.2, -0.15) is 18.2 Å². The Bertz CT molecular complexity index is 150. The van der Waals surface area contributed by atoms with Gasteiger partial charge in [0, 0.05) is 0 Å². The molecule has 4 nitrogen and oxygen atoms in total. The topological polar surface area (TPSA) is 70.4 Å². The normalized spacial score (nSPS) is 6.55. The molecule has 0 aromatic carbocycles. The van der Waals surface area contributed by atoms with Crippen molar-refractivity contribution in [1.29, 1.82) is 0 Å². The molecular formula is C6H6LiNO3. The van der Waals surface area contributed by atoms with Crippen LogP contribution in [-0.2, 0) is 0 Å². The summed E-state index contributed by atoms with van der Waals surface area (Å²) in [6.07, 6.45) is 2.50. The van der Waals surface area contributed by atoms with Gasteiger partial charge in [0.15, 0.2) is 0 Å². The Labute approximate surface area is 76.1 Å². The second-order valence-corrected chi connectivity index (χ2v) is 1.24. The molecular weight excluding hydrogens is 141 g/mol. The zero-order chi connectivity index (χ0) is 7.82. The summed E-state index contributed by atoms with van der Waals surface area (Å²) in [6.45, 7) is 0. The van der Waals surface area contributed by atoms with E-state index in [0.29, 0.717) is 0 Å². The summed E-state index contributed by atoms with van der Waals surface area (Å²) in [5.41, 5.74) is 0. The molecule has 0 saturated carbocycles. The smallest absolute Gasteiger partial charge is 0.450 e. The zero-order valence-electron chi connectivity index (χ0n) is 6.06. The monoisotopic (exact) mass is 147 g/mol. The number of pyridine rings is 1. The molecule has 0 bridgehead atoms. The van der Waals surface area contributed by atoms with Gasteiger partial charge in [-0.1, -0.05) is 12.4 Å². The van der Waals surface area contributed by atoms with Gasteiger partial charge >= 0.3 is 25.0 Å². The maximum absolute atomic E-state index is 8.56. The van der Waals surface area contributed by atoms with E-state index in [0.717, 1.165) is 0 Å². The molecule has 2 N–H and O–H groups in total. The van der Waals surface area contributed by atoms with Crippen molar-refractivity contribution in [3.63, 3.8) is 0 Å². The third-order valence-electron chi connectivity index (χ3n) is 0.517. The number of hydrogen-bond acceptors (Lipinski definition) is 2. The number of nitrogens with zero attached hydrogens (tertiary/aromatic N) is 1. The van der Waals surface area contributed by atoms with Gasteiger partial charge in [0.25, 0.3) is 0 Å². The molecule has 1 aromatic rings. The summed E-state index contributed by atoms with van der Waals surface area (Å²) in [5.74, 6) is 0. The van der Waals surface area contributed by atoms with Crippen molar-refractivity contribution in [3.8, 4) is 0 Å². The number of hydrogen-bond donors (Lipinski definition) is 2. The molecule has 0 atom stereocenters. The van der Waals surface area contributed by atoms with Gasteiger partial charge in [-0.3, -0.25) is 0 Å². The fourth-order valence-electron chi connectivity index (χ4n) is 0.277. The van der Waals surface area contributed by atoms with Gasteiger partial charge in [0.1, 0.15) is 0 Å². The summed E-state index contributed by atoms with van der Waals surface area (Å²) in [5, 5.41) is 13.9.